The summed E-state index contributed by atoms with van der Waals surface area (Å²) < 4.78 is 5.00. The Bertz CT molecular complexity index is 180. The lowest BCUT2D eigenvalue weighted by molar-refractivity contribution is -0.150. The molecule has 12 heavy (non-hydrogen) atoms. The monoisotopic (exact) mass is 189 g/mol. The molecular formula is C8H15NO2S. The van der Waals surface area contributed by atoms with Crippen LogP contribution in [0.1, 0.15) is 6.92 Å². The Hall–Kier alpha value is -0.480. The van der Waals surface area contributed by atoms with E-state index in [4.69, 9.17) is 4.74 Å². The molecule has 0 aliphatic rings. The highest BCUT2D eigenvalue weighted by atomic mass is 32.1. The van der Waals surface area contributed by atoms with Gasteiger partial charge in [-0.2, -0.15) is 12.6 Å². The summed E-state index contributed by atoms with van der Waals surface area (Å²) in [6, 6.07) is 0. The van der Waals surface area contributed by atoms with Gasteiger partial charge in [-0.05, 0) is 21.0 Å². The maximum absolute atomic E-state index is 11.1. The van der Waals surface area contributed by atoms with Crippen molar-refractivity contribution >= 4 is 18.6 Å². The molecule has 0 aromatic heterocycles. The van der Waals surface area contributed by atoms with E-state index < -0.39 is 0 Å². The summed E-state index contributed by atoms with van der Waals surface area (Å²) >= 11 is 3.92. The van der Waals surface area contributed by atoms with Gasteiger partial charge < -0.3 is 4.74 Å². The van der Waals surface area contributed by atoms with Crippen molar-refractivity contribution in [3.63, 3.8) is 0 Å². The minimum atomic E-state index is -0.383. The van der Waals surface area contributed by atoms with Crippen LogP contribution in [0.4, 0.5) is 0 Å². The maximum atomic E-state index is 11.1. The van der Waals surface area contributed by atoms with Crippen LogP contribution in [0.2, 0.25) is 0 Å². The first-order chi connectivity index (χ1) is 5.49. The summed E-state index contributed by atoms with van der Waals surface area (Å²) in [6.45, 7) is 5.31. The number of nitrogens with zero attached hydrogens (tertiary/aromatic N) is 1. The van der Waals surface area contributed by atoms with E-state index >= 15 is 0 Å². The van der Waals surface area contributed by atoms with Crippen LogP contribution in [0.5, 0.6) is 0 Å². The SMILES string of the molecule is C=C(CS)C(=O)OC(C)N(C)C. The fourth-order valence-corrected chi connectivity index (χ4v) is 0.537. The molecule has 1 atom stereocenters. The largest absolute Gasteiger partial charge is 0.443 e. The lowest BCUT2D eigenvalue weighted by Crippen LogP contribution is -2.30. The standard InChI is InChI=1S/C8H15NO2S/c1-6(5-12)8(10)11-7(2)9(3)4/h7,12H,1,5H2,2-4H3. The number of hydrogen-bond donors (Lipinski definition) is 1. The van der Waals surface area contributed by atoms with Gasteiger partial charge in [-0.1, -0.05) is 6.58 Å². The van der Waals surface area contributed by atoms with Crippen LogP contribution in [-0.2, 0) is 9.53 Å². The van der Waals surface area contributed by atoms with Gasteiger partial charge in [0.05, 0.1) is 0 Å². The first-order valence-electron chi connectivity index (χ1n) is 3.65. The van der Waals surface area contributed by atoms with Gasteiger partial charge >= 0.3 is 5.97 Å². The third kappa shape index (κ3) is 3.78. The number of rotatable bonds is 4. The molecule has 1 unspecified atom stereocenters. The first-order valence-corrected chi connectivity index (χ1v) is 4.28. The minimum Gasteiger partial charge on any atom is -0.443 e. The highest BCUT2D eigenvalue weighted by Gasteiger charge is 2.12. The summed E-state index contributed by atoms with van der Waals surface area (Å²) in [7, 11) is 3.67. The van der Waals surface area contributed by atoms with E-state index in [1.165, 1.54) is 0 Å². The van der Waals surface area contributed by atoms with Gasteiger partial charge in [0.1, 0.15) is 0 Å². The van der Waals surface area contributed by atoms with Crippen LogP contribution >= 0.6 is 12.6 Å². The van der Waals surface area contributed by atoms with Crippen molar-refractivity contribution < 1.29 is 9.53 Å². The number of carbonyl (C=O) groups excluding carboxylic acids is 1. The van der Waals surface area contributed by atoms with E-state index in [1.54, 1.807) is 11.8 Å². The summed E-state index contributed by atoms with van der Waals surface area (Å²) in [4.78, 5) is 12.9. The van der Waals surface area contributed by atoms with Gasteiger partial charge in [0.2, 0.25) is 0 Å². The molecule has 0 aliphatic heterocycles. The highest BCUT2D eigenvalue weighted by molar-refractivity contribution is 7.80. The van der Waals surface area contributed by atoms with Crippen LogP contribution in [-0.4, -0.2) is 36.9 Å². The summed E-state index contributed by atoms with van der Waals surface area (Å²) in [5, 5.41) is 0. The van der Waals surface area contributed by atoms with Crippen molar-refractivity contribution in [1.29, 1.82) is 0 Å². The topological polar surface area (TPSA) is 29.5 Å². The normalized spacial score (nSPS) is 12.8. The van der Waals surface area contributed by atoms with Crippen LogP contribution < -0.4 is 0 Å². The third-order valence-electron chi connectivity index (χ3n) is 1.48. The second-order valence-electron chi connectivity index (χ2n) is 2.73. The molecular weight excluding hydrogens is 174 g/mol. The molecule has 0 aliphatic carbocycles. The van der Waals surface area contributed by atoms with Crippen LogP contribution in [0, 0.1) is 0 Å². The lowest BCUT2D eigenvalue weighted by atomic mass is 10.3. The van der Waals surface area contributed by atoms with Gasteiger partial charge in [0.15, 0.2) is 6.23 Å². The minimum absolute atomic E-state index is 0.228. The predicted octanol–water partition coefficient (Wildman–Crippen LogP) is 0.923. The Balaban J connectivity index is 3.92. The zero-order valence-electron chi connectivity index (χ0n) is 7.70. The molecule has 0 heterocycles. The Kier molecular flexibility index (Phi) is 5.01. The quantitative estimate of drug-likeness (QED) is 0.309. The summed E-state index contributed by atoms with van der Waals surface area (Å²) in [5.74, 6) is -0.0508. The lowest BCUT2D eigenvalue weighted by Gasteiger charge is -2.19. The number of hydrogen-bond acceptors (Lipinski definition) is 4. The first kappa shape index (κ1) is 11.5. The maximum Gasteiger partial charge on any atom is 0.335 e. The van der Waals surface area contributed by atoms with E-state index in [0.29, 0.717) is 11.3 Å². The van der Waals surface area contributed by atoms with E-state index in [-0.39, 0.29) is 12.2 Å². The Labute approximate surface area is 78.8 Å². The zero-order chi connectivity index (χ0) is 9.72. The van der Waals surface area contributed by atoms with Crippen LogP contribution in [0.15, 0.2) is 12.2 Å². The molecule has 0 spiro atoms. The molecule has 0 aromatic carbocycles. The van der Waals surface area contributed by atoms with E-state index in [1.807, 2.05) is 14.1 Å². The molecule has 0 amide bonds. The highest BCUT2D eigenvalue weighted by Crippen LogP contribution is 2.02. The van der Waals surface area contributed by atoms with Crippen molar-refractivity contribution in [3.8, 4) is 0 Å². The van der Waals surface area contributed by atoms with Crippen LogP contribution in [0.3, 0.4) is 0 Å². The fourth-order valence-electron chi connectivity index (χ4n) is 0.408. The van der Waals surface area contributed by atoms with Gasteiger partial charge in [-0.3, -0.25) is 4.90 Å². The van der Waals surface area contributed by atoms with Crippen LogP contribution in [0.25, 0.3) is 0 Å². The Morgan fingerprint density at radius 2 is 2.17 bits per heavy atom. The molecule has 0 N–H and O–H groups in total. The predicted molar refractivity (Wildman–Crippen MR) is 52.2 cm³/mol. The second kappa shape index (κ2) is 5.22. The van der Waals surface area contributed by atoms with Crippen molar-refractivity contribution in [1.82, 2.24) is 4.90 Å². The Morgan fingerprint density at radius 1 is 1.67 bits per heavy atom. The van der Waals surface area contributed by atoms with Crippen molar-refractivity contribution in [2.75, 3.05) is 19.8 Å². The molecule has 0 aromatic rings. The van der Waals surface area contributed by atoms with Gasteiger partial charge in [-0.25, -0.2) is 4.79 Å². The van der Waals surface area contributed by atoms with Crippen molar-refractivity contribution in [2.24, 2.45) is 0 Å². The second-order valence-corrected chi connectivity index (χ2v) is 3.05. The average molecular weight is 189 g/mol. The summed E-state index contributed by atoms with van der Waals surface area (Å²) in [5.41, 5.74) is 0.382. The molecule has 0 rings (SSSR count). The van der Waals surface area contributed by atoms with Gasteiger partial charge in [0, 0.05) is 11.3 Å². The molecule has 0 saturated carbocycles. The van der Waals surface area contributed by atoms with Crippen molar-refractivity contribution in [2.45, 2.75) is 13.2 Å². The molecule has 0 saturated heterocycles. The zero-order valence-corrected chi connectivity index (χ0v) is 8.60. The number of carbonyl (C=O) groups is 1. The molecule has 0 fully saturated rings. The van der Waals surface area contributed by atoms with Gasteiger partial charge in [-0.15, -0.1) is 0 Å². The average Bonchev–Trinajstić information content (AvgIpc) is 2.02. The fraction of sp³-hybridized carbons (Fsp3) is 0.625. The number of esters is 1. The third-order valence-corrected chi connectivity index (χ3v) is 1.87. The smallest absolute Gasteiger partial charge is 0.335 e. The number of ether oxygens (including phenoxy) is 1. The van der Waals surface area contributed by atoms with E-state index in [2.05, 4.69) is 19.2 Å². The van der Waals surface area contributed by atoms with Gasteiger partial charge in [0.25, 0.3) is 0 Å². The molecule has 0 bridgehead atoms. The number of thiol groups is 1. The van der Waals surface area contributed by atoms with E-state index in [9.17, 15) is 4.79 Å². The summed E-state index contributed by atoms with van der Waals surface area (Å²) in [6.07, 6.45) is -0.228. The molecule has 4 heteroatoms. The van der Waals surface area contributed by atoms with Crippen molar-refractivity contribution in [3.05, 3.63) is 12.2 Å². The Morgan fingerprint density at radius 3 is 2.50 bits per heavy atom. The van der Waals surface area contributed by atoms with E-state index in [0.717, 1.165) is 0 Å². The molecule has 3 nitrogen and oxygen atoms in total. The molecule has 0 radical (unpaired) electrons. The molecule has 70 valence electrons.